The minimum Gasteiger partial charge on any atom is -0.399 e. The van der Waals surface area contributed by atoms with Crippen molar-refractivity contribution >= 4 is 17.3 Å². The summed E-state index contributed by atoms with van der Waals surface area (Å²) in [4.78, 5) is 13.8. The zero-order valence-corrected chi connectivity index (χ0v) is 11.6. The van der Waals surface area contributed by atoms with Gasteiger partial charge < -0.3 is 20.1 Å². The molecule has 0 bridgehead atoms. The Kier molecular flexibility index (Phi) is 6.92. The number of nitrogens with two attached hydrogens (primary N) is 1. The topological polar surface area (TPSA) is 64.8 Å². The van der Waals surface area contributed by atoms with Crippen molar-refractivity contribution in [3.63, 3.8) is 0 Å². The first-order valence-electron chi connectivity index (χ1n) is 6.41. The fraction of sp³-hybridized carbons (Fsp3) is 0.500. The molecule has 106 valence electrons. The number of amides is 1. The molecular weight excluding hydrogens is 244 g/mol. The van der Waals surface area contributed by atoms with Gasteiger partial charge in [-0.15, -0.1) is 0 Å². The number of nitrogens with zero attached hydrogens (tertiary/aromatic N) is 1. The van der Waals surface area contributed by atoms with Crippen LogP contribution >= 0.6 is 0 Å². The molecule has 0 fully saturated rings. The summed E-state index contributed by atoms with van der Waals surface area (Å²) < 4.78 is 10.1. The maximum absolute atomic E-state index is 12.1. The van der Waals surface area contributed by atoms with Crippen LogP contribution in [0.4, 0.5) is 11.4 Å². The van der Waals surface area contributed by atoms with Gasteiger partial charge in [0.25, 0.3) is 5.91 Å². The Labute approximate surface area is 114 Å². The summed E-state index contributed by atoms with van der Waals surface area (Å²) in [7, 11) is 1.60. The molecule has 2 N–H and O–H groups in total. The van der Waals surface area contributed by atoms with Gasteiger partial charge in [0.05, 0.1) is 13.2 Å². The molecule has 0 aliphatic rings. The van der Waals surface area contributed by atoms with Crippen LogP contribution in [0.15, 0.2) is 24.3 Å². The summed E-state index contributed by atoms with van der Waals surface area (Å²) in [5, 5.41) is 0. The van der Waals surface area contributed by atoms with Crippen molar-refractivity contribution in [1.29, 1.82) is 0 Å². The molecule has 0 heterocycles. The summed E-state index contributed by atoms with van der Waals surface area (Å²) in [6.07, 6.45) is 0.874. The first-order chi connectivity index (χ1) is 9.19. The summed E-state index contributed by atoms with van der Waals surface area (Å²) in [5.74, 6) is -0.0662. The number of hydrogen-bond donors (Lipinski definition) is 1. The van der Waals surface area contributed by atoms with E-state index in [9.17, 15) is 4.79 Å². The highest BCUT2D eigenvalue weighted by Gasteiger charge is 2.14. The van der Waals surface area contributed by atoms with Gasteiger partial charge in [-0.3, -0.25) is 4.79 Å². The van der Waals surface area contributed by atoms with Gasteiger partial charge in [-0.05, 0) is 24.6 Å². The number of carbonyl (C=O) groups excluding carboxylic acids is 1. The molecule has 0 aromatic heterocycles. The van der Waals surface area contributed by atoms with E-state index in [-0.39, 0.29) is 12.5 Å². The number of carbonyl (C=O) groups is 1. The minimum absolute atomic E-state index is 0.0537. The fourth-order valence-corrected chi connectivity index (χ4v) is 1.69. The van der Waals surface area contributed by atoms with Crippen LogP contribution in [0.5, 0.6) is 0 Å². The van der Waals surface area contributed by atoms with Crippen LogP contribution in [0, 0.1) is 0 Å². The van der Waals surface area contributed by atoms with Crippen LogP contribution in [-0.2, 0) is 14.3 Å². The third kappa shape index (κ3) is 5.28. The van der Waals surface area contributed by atoms with Crippen LogP contribution in [0.1, 0.15) is 13.3 Å². The van der Waals surface area contributed by atoms with Gasteiger partial charge in [0.15, 0.2) is 0 Å². The van der Waals surface area contributed by atoms with E-state index in [1.807, 2.05) is 19.1 Å². The Morgan fingerprint density at radius 3 is 2.79 bits per heavy atom. The molecule has 5 nitrogen and oxygen atoms in total. The normalized spacial score (nSPS) is 10.4. The molecular formula is C14H22N2O3. The van der Waals surface area contributed by atoms with Crippen LogP contribution in [0.25, 0.3) is 0 Å². The molecule has 19 heavy (non-hydrogen) atoms. The third-order valence-electron chi connectivity index (χ3n) is 2.59. The van der Waals surface area contributed by atoms with Crippen LogP contribution < -0.4 is 10.6 Å². The molecule has 1 aromatic rings. The summed E-state index contributed by atoms with van der Waals surface area (Å²) in [6.45, 7) is 3.63. The lowest BCUT2D eigenvalue weighted by molar-refractivity contribution is -0.123. The van der Waals surface area contributed by atoms with E-state index in [0.29, 0.717) is 25.4 Å². The molecule has 0 radical (unpaired) electrons. The van der Waals surface area contributed by atoms with Crippen molar-refractivity contribution < 1.29 is 14.3 Å². The molecule has 0 aliphatic heterocycles. The van der Waals surface area contributed by atoms with E-state index in [1.54, 1.807) is 24.1 Å². The first-order valence-corrected chi connectivity index (χ1v) is 6.41. The number of ether oxygens (including phenoxy) is 2. The second-order valence-electron chi connectivity index (χ2n) is 4.19. The second kappa shape index (κ2) is 8.50. The maximum atomic E-state index is 12.1. The van der Waals surface area contributed by atoms with Crippen LogP contribution in [0.3, 0.4) is 0 Å². The van der Waals surface area contributed by atoms with E-state index in [1.165, 1.54) is 0 Å². The lowest BCUT2D eigenvalue weighted by Crippen LogP contribution is -2.35. The van der Waals surface area contributed by atoms with Crippen molar-refractivity contribution in [1.82, 2.24) is 0 Å². The van der Waals surface area contributed by atoms with Crippen molar-refractivity contribution in [2.75, 3.05) is 44.1 Å². The lowest BCUT2D eigenvalue weighted by atomic mass is 10.2. The number of anilines is 2. The summed E-state index contributed by atoms with van der Waals surface area (Å²) in [5.41, 5.74) is 7.20. The van der Waals surface area contributed by atoms with E-state index >= 15 is 0 Å². The molecule has 0 saturated carbocycles. The number of hydrogen-bond acceptors (Lipinski definition) is 4. The van der Waals surface area contributed by atoms with Gasteiger partial charge in [0.1, 0.15) is 6.61 Å². The van der Waals surface area contributed by atoms with Crippen molar-refractivity contribution in [2.45, 2.75) is 13.3 Å². The first kappa shape index (κ1) is 15.5. The number of methoxy groups -OCH3 is 1. The zero-order valence-electron chi connectivity index (χ0n) is 11.6. The average molecular weight is 266 g/mol. The highest BCUT2D eigenvalue weighted by molar-refractivity contribution is 5.94. The van der Waals surface area contributed by atoms with Crippen molar-refractivity contribution in [3.8, 4) is 0 Å². The summed E-state index contributed by atoms with van der Waals surface area (Å²) in [6, 6.07) is 7.31. The smallest absolute Gasteiger partial charge is 0.252 e. The Morgan fingerprint density at radius 2 is 2.16 bits per heavy atom. The second-order valence-corrected chi connectivity index (χ2v) is 4.19. The van der Waals surface area contributed by atoms with Crippen LogP contribution in [-0.4, -0.2) is 39.4 Å². The lowest BCUT2D eigenvalue weighted by Gasteiger charge is -2.22. The zero-order chi connectivity index (χ0) is 14.1. The predicted octanol–water partition coefficient (Wildman–Crippen LogP) is 1.67. The molecule has 5 heteroatoms. The van der Waals surface area contributed by atoms with E-state index in [0.717, 1.165) is 12.1 Å². The molecule has 1 amide bonds. The minimum atomic E-state index is -0.0662. The van der Waals surface area contributed by atoms with E-state index in [2.05, 4.69) is 0 Å². The Hall–Kier alpha value is -1.59. The van der Waals surface area contributed by atoms with Crippen LogP contribution in [0.2, 0.25) is 0 Å². The van der Waals surface area contributed by atoms with E-state index < -0.39 is 0 Å². The van der Waals surface area contributed by atoms with Gasteiger partial charge in [0, 0.05) is 25.0 Å². The van der Waals surface area contributed by atoms with Crippen molar-refractivity contribution in [2.24, 2.45) is 0 Å². The van der Waals surface area contributed by atoms with Gasteiger partial charge in [-0.1, -0.05) is 13.0 Å². The molecule has 0 saturated heterocycles. The molecule has 1 rings (SSSR count). The molecule has 1 aromatic carbocycles. The highest BCUT2D eigenvalue weighted by atomic mass is 16.5. The van der Waals surface area contributed by atoms with Gasteiger partial charge in [-0.25, -0.2) is 0 Å². The fourth-order valence-electron chi connectivity index (χ4n) is 1.69. The highest BCUT2D eigenvalue weighted by Crippen LogP contribution is 2.18. The summed E-state index contributed by atoms with van der Waals surface area (Å²) >= 11 is 0. The maximum Gasteiger partial charge on any atom is 0.252 e. The molecule has 0 spiro atoms. The van der Waals surface area contributed by atoms with E-state index in [4.69, 9.17) is 15.2 Å². The quantitative estimate of drug-likeness (QED) is 0.574. The van der Waals surface area contributed by atoms with Gasteiger partial charge in [0.2, 0.25) is 0 Å². The molecule has 0 aliphatic carbocycles. The number of nitrogen functional groups attached to an aromatic ring is 1. The Balaban J connectivity index is 2.63. The van der Waals surface area contributed by atoms with Crippen molar-refractivity contribution in [3.05, 3.63) is 24.3 Å². The predicted molar refractivity (Wildman–Crippen MR) is 76.2 cm³/mol. The Bertz CT molecular complexity index is 396. The van der Waals surface area contributed by atoms with Gasteiger partial charge in [-0.2, -0.15) is 0 Å². The molecule has 0 atom stereocenters. The SMILES string of the molecule is CCCN(C(=O)COCCOC)c1cccc(N)c1. The largest absolute Gasteiger partial charge is 0.399 e. The average Bonchev–Trinajstić information content (AvgIpc) is 2.40. The third-order valence-corrected chi connectivity index (χ3v) is 2.59. The standard InChI is InChI=1S/C14H22N2O3/c1-3-7-16(13-6-4-5-12(15)10-13)14(17)11-19-9-8-18-2/h4-6,10H,3,7-9,11,15H2,1-2H3. The monoisotopic (exact) mass is 266 g/mol. The Morgan fingerprint density at radius 1 is 1.37 bits per heavy atom. The number of rotatable bonds is 8. The number of benzene rings is 1. The van der Waals surface area contributed by atoms with Gasteiger partial charge >= 0.3 is 0 Å². The molecule has 0 unspecified atom stereocenters.